The molecule has 0 saturated carbocycles. The Balaban J connectivity index is 1.47. The van der Waals surface area contributed by atoms with Gasteiger partial charge in [-0.3, -0.25) is 14.5 Å². The Morgan fingerprint density at radius 2 is 1.95 bits per heavy atom. The number of carbonyl (C=O) groups is 2. The van der Waals surface area contributed by atoms with Crippen molar-refractivity contribution in [1.82, 2.24) is 19.7 Å². The van der Waals surface area contributed by atoms with Crippen LogP contribution in [-0.2, 0) is 9.53 Å². The molecule has 1 aromatic heterocycles. The summed E-state index contributed by atoms with van der Waals surface area (Å²) in [7, 11) is 2.12. The van der Waals surface area contributed by atoms with E-state index in [2.05, 4.69) is 36.9 Å². The van der Waals surface area contributed by atoms with Crippen molar-refractivity contribution in [3.05, 3.63) is 60.5 Å². The second-order valence-electron chi connectivity index (χ2n) is 12.0. The van der Waals surface area contributed by atoms with Crippen molar-refractivity contribution in [3.63, 3.8) is 0 Å². The monoisotopic (exact) mass is 605 g/mol. The molecule has 0 spiro atoms. The van der Waals surface area contributed by atoms with Crippen LogP contribution in [0.25, 0.3) is 11.3 Å². The number of halogens is 1. The molecule has 3 atom stereocenters. The first kappa shape index (κ1) is 30.1. The zero-order valence-corrected chi connectivity index (χ0v) is 25.6. The quantitative estimate of drug-likeness (QED) is 0.335. The van der Waals surface area contributed by atoms with E-state index in [9.17, 15) is 9.59 Å². The number of likely N-dealkylation sites (N-methyl/N-ethyl adjacent to an activating group) is 1. The lowest BCUT2D eigenvalue weighted by Crippen LogP contribution is -2.57. The van der Waals surface area contributed by atoms with Gasteiger partial charge in [-0.2, -0.15) is 0 Å². The number of aromatic nitrogens is 1. The molecule has 4 aliphatic heterocycles. The number of fused-ring (bicyclic) bond motifs is 2. The summed E-state index contributed by atoms with van der Waals surface area (Å²) in [5.41, 5.74) is 1.51. The molecule has 0 bridgehead atoms. The third-order valence-corrected chi connectivity index (χ3v) is 9.39. The largest absolute Gasteiger partial charge is 0.490 e. The van der Waals surface area contributed by atoms with Crippen molar-refractivity contribution < 1.29 is 28.2 Å². The van der Waals surface area contributed by atoms with E-state index >= 15 is 4.39 Å². The molecule has 0 aliphatic carbocycles. The van der Waals surface area contributed by atoms with Crippen molar-refractivity contribution >= 4 is 17.6 Å². The number of benzene rings is 1. The number of anilines is 1. The van der Waals surface area contributed by atoms with Crippen LogP contribution in [0.2, 0.25) is 0 Å². The van der Waals surface area contributed by atoms with Gasteiger partial charge in [0.25, 0.3) is 5.91 Å². The van der Waals surface area contributed by atoms with Crippen molar-refractivity contribution in [1.29, 1.82) is 0 Å². The maximum Gasteiger partial charge on any atom is 0.261 e. The second kappa shape index (κ2) is 12.2. The Bertz CT molecular complexity index is 1480. The normalized spacial score (nSPS) is 23.4. The molecule has 10 nitrogen and oxygen atoms in total. The highest BCUT2D eigenvalue weighted by Crippen LogP contribution is 2.44. The molecule has 2 amide bonds. The van der Waals surface area contributed by atoms with E-state index in [1.165, 1.54) is 12.1 Å². The molecule has 44 heavy (non-hydrogen) atoms. The summed E-state index contributed by atoms with van der Waals surface area (Å²) in [5, 5.41) is 0. The number of amides is 2. The summed E-state index contributed by atoms with van der Waals surface area (Å²) in [6, 6.07) is 4.97. The number of hydrogen-bond acceptors (Lipinski definition) is 8. The van der Waals surface area contributed by atoms with Gasteiger partial charge in [-0.1, -0.05) is 25.3 Å². The Kier molecular flexibility index (Phi) is 8.34. The van der Waals surface area contributed by atoms with Crippen molar-refractivity contribution in [2.75, 3.05) is 64.6 Å². The number of rotatable bonds is 8. The number of hydrogen-bond donors (Lipinski definition) is 0. The number of carbonyl (C=O) groups excluding carboxylic acids is 2. The molecule has 1 aromatic carbocycles. The maximum absolute atomic E-state index is 15.7. The Morgan fingerprint density at radius 3 is 2.66 bits per heavy atom. The first-order valence-corrected chi connectivity index (χ1v) is 15.2. The van der Waals surface area contributed by atoms with E-state index < -0.39 is 5.82 Å². The van der Waals surface area contributed by atoms with Crippen LogP contribution in [0.5, 0.6) is 11.5 Å². The lowest BCUT2D eigenvalue weighted by atomic mass is 10.00. The highest BCUT2D eigenvalue weighted by Gasteiger charge is 2.43. The van der Waals surface area contributed by atoms with E-state index in [0.29, 0.717) is 79.6 Å². The van der Waals surface area contributed by atoms with Gasteiger partial charge in [0.15, 0.2) is 0 Å². The third kappa shape index (κ3) is 5.21. The molecular formula is C33H40FN5O5. The molecular weight excluding hydrogens is 565 g/mol. The number of piperazine rings is 1. The van der Waals surface area contributed by atoms with Crippen LogP contribution in [0.1, 0.15) is 29.3 Å². The van der Waals surface area contributed by atoms with Crippen molar-refractivity contribution in [3.8, 4) is 22.8 Å². The van der Waals surface area contributed by atoms with Gasteiger partial charge in [0.1, 0.15) is 41.9 Å². The molecule has 5 heterocycles. The first-order chi connectivity index (χ1) is 21.2. The number of pyridine rings is 1. The van der Waals surface area contributed by atoms with Crippen LogP contribution in [0.15, 0.2) is 43.5 Å². The number of ether oxygens (including phenoxy) is 3. The Labute approximate surface area is 257 Å². The van der Waals surface area contributed by atoms with Gasteiger partial charge in [-0.05, 0) is 45.5 Å². The average molecular weight is 606 g/mol. The van der Waals surface area contributed by atoms with E-state index in [0.717, 1.165) is 6.42 Å². The third-order valence-electron chi connectivity index (χ3n) is 9.39. The fraction of sp³-hybridized carbons (Fsp3) is 0.485. The van der Waals surface area contributed by atoms with Crippen molar-refractivity contribution in [2.24, 2.45) is 0 Å². The molecule has 2 aromatic rings. The Hall–Kier alpha value is -3.96. The summed E-state index contributed by atoms with van der Waals surface area (Å²) in [6.45, 7) is 14.8. The summed E-state index contributed by atoms with van der Waals surface area (Å²) >= 11 is 0. The van der Waals surface area contributed by atoms with Crippen LogP contribution in [0.4, 0.5) is 10.2 Å². The minimum atomic E-state index is -0.485. The summed E-state index contributed by atoms with van der Waals surface area (Å²) in [4.78, 5) is 40.0. The van der Waals surface area contributed by atoms with E-state index in [-0.39, 0.29) is 48.7 Å². The van der Waals surface area contributed by atoms with Gasteiger partial charge in [-0.15, -0.1) is 0 Å². The van der Waals surface area contributed by atoms with Gasteiger partial charge in [0, 0.05) is 43.8 Å². The smallest absolute Gasteiger partial charge is 0.261 e. The highest BCUT2D eigenvalue weighted by atomic mass is 19.1. The van der Waals surface area contributed by atoms with Crippen LogP contribution < -0.4 is 14.4 Å². The summed E-state index contributed by atoms with van der Waals surface area (Å²) in [6.07, 6.45) is 3.77. The zero-order chi connectivity index (χ0) is 31.1. The standard InChI is InChI=1S/C33H40FN5O5/c1-6-13-43-26-10-8-9-25(34)28(26)30-21(4)31-29(33(41)38-12-11-37(27(40)7-2)15-23(38)19-44-31)32(35-30)39-16-22(14-20(39)3)36(5)24-17-42-18-24/h6-10,20,22-24H,1-2,11-19H2,3-5H3/t20?,22?,23-/m1/s1. The van der Waals surface area contributed by atoms with E-state index in [1.54, 1.807) is 34.9 Å². The minimum absolute atomic E-state index is 0.0571. The predicted molar refractivity (Wildman–Crippen MR) is 165 cm³/mol. The van der Waals surface area contributed by atoms with Crippen LogP contribution in [0, 0.1) is 12.7 Å². The van der Waals surface area contributed by atoms with E-state index in [1.807, 2.05) is 0 Å². The molecule has 11 heteroatoms. The SMILES string of the molecule is C=CCOc1cccc(F)c1-c1nc(N2CC(N(C)C3COC3)CC2C)c2c(c1C)OC[C@H]1CN(C(=O)C=C)CCN1C2=O. The molecule has 2 unspecified atom stereocenters. The molecule has 0 N–H and O–H groups in total. The molecule has 3 fully saturated rings. The van der Waals surface area contributed by atoms with Gasteiger partial charge in [0.05, 0.1) is 36.6 Å². The van der Waals surface area contributed by atoms with Gasteiger partial charge >= 0.3 is 0 Å². The molecule has 4 aliphatic rings. The minimum Gasteiger partial charge on any atom is -0.490 e. The zero-order valence-electron chi connectivity index (χ0n) is 25.6. The van der Waals surface area contributed by atoms with Gasteiger partial charge < -0.3 is 28.9 Å². The van der Waals surface area contributed by atoms with Crippen LogP contribution >= 0.6 is 0 Å². The maximum atomic E-state index is 15.7. The van der Waals surface area contributed by atoms with Crippen LogP contribution in [0.3, 0.4) is 0 Å². The Morgan fingerprint density at radius 1 is 1.16 bits per heavy atom. The molecule has 6 rings (SSSR count). The molecule has 234 valence electrons. The lowest BCUT2D eigenvalue weighted by Gasteiger charge is -2.39. The topological polar surface area (TPSA) is 87.7 Å². The number of nitrogens with zero attached hydrogens (tertiary/aromatic N) is 5. The van der Waals surface area contributed by atoms with E-state index in [4.69, 9.17) is 19.2 Å². The summed E-state index contributed by atoms with van der Waals surface area (Å²) < 4.78 is 33.5. The lowest BCUT2D eigenvalue weighted by molar-refractivity contribution is -0.128. The van der Waals surface area contributed by atoms with Gasteiger partial charge in [-0.25, -0.2) is 9.37 Å². The van der Waals surface area contributed by atoms with Crippen LogP contribution in [-0.4, -0.2) is 115 Å². The first-order valence-electron chi connectivity index (χ1n) is 15.2. The van der Waals surface area contributed by atoms with Gasteiger partial charge in [0.2, 0.25) is 5.91 Å². The highest BCUT2D eigenvalue weighted by molar-refractivity contribution is 6.04. The summed E-state index contributed by atoms with van der Waals surface area (Å²) in [5.74, 6) is 0.338. The van der Waals surface area contributed by atoms with Crippen molar-refractivity contribution in [2.45, 2.75) is 44.4 Å². The second-order valence-corrected chi connectivity index (χ2v) is 12.0. The fourth-order valence-electron chi connectivity index (χ4n) is 6.74. The molecule has 3 saturated heterocycles. The fourth-order valence-corrected chi connectivity index (χ4v) is 6.74. The predicted octanol–water partition coefficient (Wildman–Crippen LogP) is 3.29. The molecule has 0 radical (unpaired) electrons. The average Bonchev–Trinajstić information content (AvgIpc) is 3.31.